The van der Waals surface area contributed by atoms with E-state index < -0.39 is 0 Å². The molecule has 0 aromatic carbocycles. The molecule has 2 heteroatoms. The van der Waals surface area contributed by atoms with Crippen LogP contribution in [0.3, 0.4) is 0 Å². The zero-order valence-corrected chi connectivity index (χ0v) is 6.70. The highest BCUT2D eigenvalue weighted by atomic mass is 15.0. The second-order valence-corrected chi connectivity index (χ2v) is 2.75. The largest absolute Gasteiger partial charge is 0.347 e. The minimum atomic E-state index is 1.08. The first kappa shape index (κ1) is 6.40. The summed E-state index contributed by atoms with van der Waals surface area (Å²) in [6, 6.07) is 6.13. The minimum Gasteiger partial charge on any atom is -0.347 e. The van der Waals surface area contributed by atoms with Crippen molar-refractivity contribution < 1.29 is 0 Å². The van der Waals surface area contributed by atoms with Crippen LogP contribution in [0.15, 0.2) is 24.4 Å². The normalized spacial score (nSPS) is 10.7. The van der Waals surface area contributed by atoms with E-state index in [1.54, 1.807) is 0 Å². The van der Waals surface area contributed by atoms with Gasteiger partial charge in [0.05, 0.1) is 11.0 Å². The van der Waals surface area contributed by atoms with Gasteiger partial charge in [0, 0.05) is 18.9 Å². The van der Waals surface area contributed by atoms with Gasteiger partial charge in [0.2, 0.25) is 0 Å². The maximum atomic E-state index is 4.24. The monoisotopic (exact) mass is 146 g/mol. The molecule has 56 valence electrons. The number of fused-ring (bicyclic) bond motifs is 1. The van der Waals surface area contributed by atoms with E-state index in [4.69, 9.17) is 0 Å². The number of aromatic nitrogens is 2. The predicted octanol–water partition coefficient (Wildman–Crippen LogP) is 1.88. The Balaban J connectivity index is 2.92. The van der Waals surface area contributed by atoms with Crippen LogP contribution in [-0.2, 0) is 7.05 Å². The highest BCUT2D eigenvalue weighted by molar-refractivity contribution is 5.76. The smallest absolute Gasteiger partial charge is 0.0883 e. The maximum absolute atomic E-state index is 4.24. The second-order valence-electron chi connectivity index (χ2n) is 2.75. The van der Waals surface area contributed by atoms with Crippen molar-refractivity contribution >= 4 is 11.0 Å². The molecule has 0 spiro atoms. The van der Waals surface area contributed by atoms with E-state index in [1.165, 1.54) is 11.2 Å². The molecule has 0 fully saturated rings. The van der Waals surface area contributed by atoms with E-state index in [-0.39, 0.29) is 0 Å². The Morgan fingerprint density at radius 1 is 1.45 bits per heavy atom. The SMILES string of the molecule is Cc1cc2ncccc2n1C. The van der Waals surface area contributed by atoms with Crippen molar-refractivity contribution in [1.82, 2.24) is 9.55 Å². The van der Waals surface area contributed by atoms with E-state index in [0.717, 1.165) is 5.52 Å². The molecule has 0 saturated heterocycles. The van der Waals surface area contributed by atoms with Gasteiger partial charge in [0.1, 0.15) is 0 Å². The van der Waals surface area contributed by atoms with Crippen molar-refractivity contribution in [2.45, 2.75) is 6.92 Å². The zero-order chi connectivity index (χ0) is 7.84. The van der Waals surface area contributed by atoms with Crippen LogP contribution in [0.5, 0.6) is 0 Å². The Hall–Kier alpha value is -1.31. The van der Waals surface area contributed by atoms with E-state index in [0.29, 0.717) is 0 Å². The molecule has 0 saturated carbocycles. The van der Waals surface area contributed by atoms with Crippen molar-refractivity contribution in [1.29, 1.82) is 0 Å². The lowest BCUT2D eigenvalue weighted by atomic mass is 10.4. The number of rotatable bonds is 0. The Kier molecular flexibility index (Phi) is 1.22. The Morgan fingerprint density at radius 3 is 3.00 bits per heavy atom. The number of pyridine rings is 1. The van der Waals surface area contributed by atoms with Crippen LogP contribution in [0, 0.1) is 6.92 Å². The summed E-state index contributed by atoms with van der Waals surface area (Å²) in [7, 11) is 2.05. The van der Waals surface area contributed by atoms with Crippen LogP contribution in [0.2, 0.25) is 0 Å². The second kappa shape index (κ2) is 2.09. The van der Waals surface area contributed by atoms with Gasteiger partial charge in [-0.3, -0.25) is 4.98 Å². The first-order chi connectivity index (χ1) is 5.29. The van der Waals surface area contributed by atoms with Gasteiger partial charge in [-0.15, -0.1) is 0 Å². The van der Waals surface area contributed by atoms with Crippen LogP contribution in [0.1, 0.15) is 5.69 Å². The van der Waals surface area contributed by atoms with Gasteiger partial charge < -0.3 is 4.57 Å². The first-order valence-electron chi connectivity index (χ1n) is 3.66. The molecule has 11 heavy (non-hydrogen) atoms. The summed E-state index contributed by atoms with van der Waals surface area (Å²) >= 11 is 0. The first-order valence-corrected chi connectivity index (χ1v) is 3.66. The topological polar surface area (TPSA) is 17.8 Å². The van der Waals surface area contributed by atoms with Crippen molar-refractivity contribution in [3.05, 3.63) is 30.1 Å². The molecule has 2 nitrogen and oxygen atoms in total. The van der Waals surface area contributed by atoms with Crippen molar-refractivity contribution in [2.24, 2.45) is 7.05 Å². The van der Waals surface area contributed by atoms with Gasteiger partial charge in [-0.2, -0.15) is 0 Å². The molecule has 0 aliphatic carbocycles. The summed E-state index contributed by atoms with van der Waals surface area (Å²) in [6.45, 7) is 2.08. The van der Waals surface area contributed by atoms with Gasteiger partial charge in [-0.1, -0.05) is 0 Å². The predicted molar refractivity (Wildman–Crippen MR) is 45.5 cm³/mol. The average Bonchev–Trinajstić information content (AvgIpc) is 2.30. The Labute approximate surface area is 65.5 Å². The molecule has 0 unspecified atom stereocenters. The van der Waals surface area contributed by atoms with Crippen LogP contribution in [0.25, 0.3) is 11.0 Å². The molecule has 0 bridgehead atoms. The molecule has 0 atom stereocenters. The van der Waals surface area contributed by atoms with E-state index in [9.17, 15) is 0 Å². The summed E-state index contributed by atoms with van der Waals surface area (Å²) in [5, 5.41) is 0. The van der Waals surface area contributed by atoms with Gasteiger partial charge >= 0.3 is 0 Å². The van der Waals surface area contributed by atoms with Crippen molar-refractivity contribution in [3.8, 4) is 0 Å². The third-order valence-electron chi connectivity index (χ3n) is 2.05. The fraction of sp³-hybridized carbons (Fsp3) is 0.222. The number of aryl methyl sites for hydroxylation is 2. The summed E-state index contributed by atoms with van der Waals surface area (Å²) < 4.78 is 2.14. The van der Waals surface area contributed by atoms with Crippen LogP contribution < -0.4 is 0 Å². The lowest BCUT2D eigenvalue weighted by molar-refractivity contribution is 0.918. The number of nitrogens with zero attached hydrogens (tertiary/aromatic N) is 2. The molecule has 0 aliphatic rings. The summed E-state index contributed by atoms with van der Waals surface area (Å²) in [5.41, 5.74) is 3.52. The van der Waals surface area contributed by atoms with E-state index >= 15 is 0 Å². The molecular formula is C9H10N2. The highest BCUT2D eigenvalue weighted by Gasteiger charge is 1.99. The van der Waals surface area contributed by atoms with Gasteiger partial charge in [-0.05, 0) is 25.1 Å². The van der Waals surface area contributed by atoms with Gasteiger partial charge in [0.25, 0.3) is 0 Å². The molecule has 0 N–H and O–H groups in total. The summed E-state index contributed by atoms with van der Waals surface area (Å²) in [5.74, 6) is 0. The van der Waals surface area contributed by atoms with Crippen molar-refractivity contribution in [2.75, 3.05) is 0 Å². The lowest BCUT2D eigenvalue weighted by Crippen LogP contribution is -1.88. The third-order valence-corrected chi connectivity index (χ3v) is 2.05. The Bertz CT molecular complexity index is 387. The molecule has 0 amide bonds. The molecule has 0 aliphatic heterocycles. The summed E-state index contributed by atoms with van der Waals surface area (Å²) in [6.07, 6.45) is 1.82. The lowest BCUT2D eigenvalue weighted by Gasteiger charge is -1.95. The fourth-order valence-electron chi connectivity index (χ4n) is 1.29. The molecule has 2 heterocycles. The van der Waals surface area contributed by atoms with Crippen LogP contribution in [-0.4, -0.2) is 9.55 Å². The fourth-order valence-corrected chi connectivity index (χ4v) is 1.29. The quantitative estimate of drug-likeness (QED) is 0.555. The zero-order valence-electron chi connectivity index (χ0n) is 6.70. The van der Waals surface area contributed by atoms with Crippen LogP contribution in [0.4, 0.5) is 0 Å². The van der Waals surface area contributed by atoms with E-state index in [2.05, 4.69) is 35.7 Å². The van der Waals surface area contributed by atoms with Gasteiger partial charge in [0.15, 0.2) is 0 Å². The van der Waals surface area contributed by atoms with Crippen molar-refractivity contribution in [3.63, 3.8) is 0 Å². The van der Waals surface area contributed by atoms with E-state index in [1.807, 2.05) is 12.3 Å². The molecule has 0 radical (unpaired) electrons. The van der Waals surface area contributed by atoms with Gasteiger partial charge in [-0.25, -0.2) is 0 Å². The third kappa shape index (κ3) is 0.827. The Morgan fingerprint density at radius 2 is 2.27 bits per heavy atom. The average molecular weight is 146 g/mol. The number of hydrogen-bond donors (Lipinski definition) is 0. The molecular weight excluding hydrogens is 136 g/mol. The number of hydrogen-bond acceptors (Lipinski definition) is 1. The van der Waals surface area contributed by atoms with Crippen LogP contribution >= 0.6 is 0 Å². The minimum absolute atomic E-state index is 1.08. The molecule has 2 aromatic heterocycles. The standard InChI is InChI=1S/C9H10N2/c1-7-6-8-9(11(7)2)4-3-5-10-8/h3-6H,1-2H3. The highest BCUT2D eigenvalue weighted by Crippen LogP contribution is 2.14. The molecule has 2 rings (SSSR count). The summed E-state index contributed by atoms with van der Waals surface area (Å²) in [4.78, 5) is 4.24. The maximum Gasteiger partial charge on any atom is 0.0883 e. The molecule has 2 aromatic rings.